The van der Waals surface area contributed by atoms with Crippen molar-refractivity contribution in [2.45, 2.75) is 26.4 Å². The number of aryl methyl sites for hydroxylation is 1. The number of amides is 1. The van der Waals surface area contributed by atoms with E-state index in [0.29, 0.717) is 6.54 Å². The SMILES string of the molecule is Cc1ncc(CN(C)C(=O)[C@H](C)N)s1. The molecule has 0 unspecified atom stereocenters. The largest absolute Gasteiger partial charge is 0.339 e. The molecule has 4 nitrogen and oxygen atoms in total. The summed E-state index contributed by atoms with van der Waals surface area (Å²) in [5, 5.41) is 1.02. The lowest BCUT2D eigenvalue weighted by atomic mass is 10.3. The van der Waals surface area contributed by atoms with Gasteiger partial charge in [-0.3, -0.25) is 4.79 Å². The van der Waals surface area contributed by atoms with Gasteiger partial charge in [0.25, 0.3) is 0 Å². The molecule has 0 aliphatic heterocycles. The third kappa shape index (κ3) is 2.78. The molecule has 2 N–H and O–H groups in total. The van der Waals surface area contributed by atoms with Gasteiger partial charge in [-0.05, 0) is 13.8 Å². The van der Waals surface area contributed by atoms with Gasteiger partial charge in [-0.15, -0.1) is 11.3 Å². The molecule has 1 atom stereocenters. The predicted octanol–water partition coefficient (Wildman–Crippen LogP) is 0.757. The molecule has 1 rings (SSSR count). The van der Waals surface area contributed by atoms with Crippen molar-refractivity contribution < 1.29 is 4.79 Å². The first kappa shape index (κ1) is 11.1. The minimum absolute atomic E-state index is 0.0453. The number of nitrogens with two attached hydrogens (primary N) is 1. The average molecular weight is 213 g/mol. The maximum absolute atomic E-state index is 11.4. The van der Waals surface area contributed by atoms with Gasteiger partial charge >= 0.3 is 0 Å². The summed E-state index contributed by atoms with van der Waals surface area (Å²) in [4.78, 5) is 18.3. The van der Waals surface area contributed by atoms with Gasteiger partial charge in [0.1, 0.15) is 0 Å². The van der Waals surface area contributed by atoms with Crippen molar-refractivity contribution in [3.05, 3.63) is 16.1 Å². The first-order valence-corrected chi connectivity index (χ1v) is 5.24. The van der Waals surface area contributed by atoms with Crippen molar-refractivity contribution in [3.8, 4) is 0 Å². The van der Waals surface area contributed by atoms with E-state index < -0.39 is 6.04 Å². The van der Waals surface area contributed by atoms with Crippen molar-refractivity contribution in [2.75, 3.05) is 7.05 Å². The van der Waals surface area contributed by atoms with Crippen LogP contribution >= 0.6 is 11.3 Å². The van der Waals surface area contributed by atoms with Gasteiger partial charge in [0, 0.05) is 18.1 Å². The quantitative estimate of drug-likeness (QED) is 0.806. The lowest BCUT2D eigenvalue weighted by molar-refractivity contribution is -0.131. The maximum Gasteiger partial charge on any atom is 0.239 e. The van der Waals surface area contributed by atoms with Crippen LogP contribution in [-0.4, -0.2) is 28.9 Å². The molecule has 14 heavy (non-hydrogen) atoms. The number of aromatic nitrogens is 1. The molecule has 1 aromatic rings. The normalized spacial score (nSPS) is 12.6. The van der Waals surface area contributed by atoms with E-state index in [1.165, 1.54) is 0 Å². The summed E-state index contributed by atoms with van der Waals surface area (Å²) in [5.41, 5.74) is 5.49. The van der Waals surface area contributed by atoms with Crippen LogP contribution in [0.2, 0.25) is 0 Å². The minimum atomic E-state index is -0.436. The first-order valence-electron chi connectivity index (χ1n) is 4.42. The number of thiazole rings is 1. The Hall–Kier alpha value is -0.940. The molecular weight excluding hydrogens is 198 g/mol. The Kier molecular flexibility index (Phi) is 3.60. The second-order valence-corrected chi connectivity index (χ2v) is 4.65. The van der Waals surface area contributed by atoms with Gasteiger partial charge in [0.05, 0.1) is 17.6 Å². The van der Waals surface area contributed by atoms with E-state index in [2.05, 4.69) is 4.98 Å². The highest BCUT2D eigenvalue weighted by Crippen LogP contribution is 2.13. The molecule has 0 spiro atoms. The summed E-state index contributed by atoms with van der Waals surface area (Å²) < 4.78 is 0. The summed E-state index contributed by atoms with van der Waals surface area (Å²) in [6, 6.07) is -0.436. The van der Waals surface area contributed by atoms with Gasteiger partial charge in [-0.1, -0.05) is 0 Å². The highest BCUT2D eigenvalue weighted by molar-refractivity contribution is 7.11. The van der Waals surface area contributed by atoms with Crippen molar-refractivity contribution >= 4 is 17.2 Å². The van der Waals surface area contributed by atoms with Crippen LogP contribution in [0.1, 0.15) is 16.8 Å². The van der Waals surface area contributed by atoms with Crippen LogP contribution in [0.25, 0.3) is 0 Å². The molecular formula is C9H15N3OS. The Balaban J connectivity index is 2.57. The van der Waals surface area contributed by atoms with Crippen LogP contribution in [0.5, 0.6) is 0 Å². The molecule has 1 amide bonds. The monoisotopic (exact) mass is 213 g/mol. The molecule has 0 bridgehead atoms. The summed E-state index contributed by atoms with van der Waals surface area (Å²) in [6.07, 6.45) is 1.80. The van der Waals surface area contributed by atoms with Crippen LogP contribution in [0, 0.1) is 6.92 Å². The van der Waals surface area contributed by atoms with Crippen LogP contribution in [0.3, 0.4) is 0 Å². The highest BCUT2D eigenvalue weighted by Gasteiger charge is 2.14. The lowest BCUT2D eigenvalue weighted by Crippen LogP contribution is -2.39. The van der Waals surface area contributed by atoms with Crippen LogP contribution in [0.4, 0.5) is 0 Å². The fourth-order valence-corrected chi connectivity index (χ4v) is 1.99. The lowest BCUT2D eigenvalue weighted by Gasteiger charge is -2.17. The molecule has 0 fully saturated rings. The number of rotatable bonds is 3. The number of nitrogens with zero attached hydrogens (tertiary/aromatic N) is 2. The van der Waals surface area contributed by atoms with Crippen molar-refractivity contribution in [1.82, 2.24) is 9.88 Å². The zero-order valence-electron chi connectivity index (χ0n) is 8.65. The second-order valence-electron chi connectivity index (χ2n) is 3.33. The van der Waals surface area contributed by atoms with E-state index >= 15 is 0 Å². The number of carbonyl (C=O) groups excluding carboxylic acids is 1. The smallest absolute Gasteiger partial charge is 0.239 e. The molecule has 5 heteroatoms. The number of hydrogen-bond donors (Lipinski definition) is 1. The number of carbonyl (C=O) groups is 1. The van der Waals surface area contributed by atoms with Crippen molar-refractivity contribution in [2.24, 2.45) is 5.73 Å². The number of hydrogen-bond acceptors (Lipinski definition) is 4. The Morgan fingerprint density at radius 2 is 2.43 bits per heavy atom. The van der Waals surface area contributed by atoms with Gasteiger partial charge in [-0.2, -0.15) is 0 Å². The van der Waals surface area contributed by atoms with Crippen LogP contribution in [-0.2, 0) is 11.3 Å². The average Bonchev–Trinajstić information content (AvgIpc) is 2.49. The molecule has 0 aliphatic rings. The van der Waals surface area contributed by atoms with Gasteiger partial charge in [-0.25, -0.2) is 4.98 Å². The third-order valence-corrected chi connectivity index (χ3v) is 2.73. The molecule has 0 aliphatic carbocycles. The van der Waals surface area contributed by atoms with Crippen molar-refractivity contribution in [3.63, 3.8) is 0 Å². The third-order valence-electron chi connectivity index (χ3n) is 1.83. The molecule has 0 radical (unpaired) electrons. The first-order chi connectivity index (χ1) is 6.50. The van der Waals surface area contributed by atoms with Crippen molar-refractivity contribution in [1.29, 1.82) is 0 Å². The zero-order valence-corrected chi connectivity index (χ0v) is 9.47. The summed E-state index contributed by atoms with van der Waals surface area (Å²) in [7, 11) is 1.75. The Morgan fingerprint density at radius 1 is 1.79 bits per heavy atom. The predicted molar refractivity (Wildman–Crippen MR) is 57.0 cm³/mol. The van der Waals surface area contributed by atoms with Gasteiger partial charge in [0.15, 0.2) is 0 Å². The van der Waals surface area contributed by atoms with E-state index in [1.807, 2.05) is 6.92 Å². The molecule has 78 valence electrons. The zero-order chi connectivity index (χ0) is 10.7. The van der Waals surface area contributed by atoms with E-state index in [0.717, 1.165) is 9.88 Å². The molecule has 0 aromatic carbocycles. The Morgan fingerprint density at radius 3 is 2.86 bits per heavy atom. The van der Waals surface area contributed by atoms with E-state index in [-0.39, 0.29) is 5.91 Å². The topological polar surface area (TPSA) is 59.2 Å². The van der Waals surface area contributed by atoms with Gasteiger partial charge < -0.3 is 10.6 Å². The van der Waals surface area contributed by atoms with E-state index in [9.17, 15) is 4.79 Å². The summed E-state index contributed by atoms with van der Waals surface area (Å²) in [6.45, 7) is 4.23. The van der Waals surface area contributed by atoms with E-state index in [4.69, 9.17) is 5.73 Å². The minimum Gasteiger partial charge on any atom is -0.339 e. The fraction of sp³-hybridized carbons (Fsp3) is 0.556. The number of likely N-dealkylation sites (N-methyl/N-ethyl adjacent to an activating group) is 1. The van der Waals surface area contributed by atoms with Gasteiger partial charge in [0.2, 0.25) is 5.91 Å². The molecule has 1 heterocycles. The summed E-state index contributed by atoms with van der Waals surface area (Å²) in [5.74, 6) is -0.0453. The molecule has 0 saturated heterocycles. The van der Waals surface area contributed by atoms with E-state index in [1.54, 1.807) is 36.4 Å². The summed E-state index contributed by atoms with van der Waals surface area (Å²) >= 11 is 1.60. The fourth-order valence-electron chi connectivity index (χ4n) is 1.14. The standard InChI is InChI=1S/C9H15N3OS/c1-6(10)9(13)12(3)5-8-4-11-7(2)14-8/h4,6H,5,10H2,1-3H3/t6-/m0/s1. The maximum atomic E-state index is 11.4. The second kappa shape index (κ2) is 4.52. The van der Waals surface area contributed by atoms with Crippen LogP contribution in [0.15, 0.2) is 6.20 Å². The highest BCUT2D eigenvalue weighted by atomic mass is 32.1. The molecule has 1 aromatic heterocycles. The van der Waals surface area contributed by atoms with Crippen LogP contribution < -0.4 is 5.73 Å². The Labute approximate surface area is 87.7 Å². The molecule has 0 saturated carbocycles. The Bertz CT molecular complexity index is 322.